The van der Waals surface area contributed by atoms with Crippen LogP contribution in [0.4, 0.5) is 5.69 Å². The van der Waals surface area contributed by atoms with Gasteiger partial charge in [0.1, 0.15) is 12.1 Å². The van der Waals surface area contributed by atoms with Crippen LogP contribution in [0.25, 0.3) is 11.3 Å². The minimum absolute atomic E-state index is 0.0515. The number of likely N-dealkylation sites (tertiary alicyclic amines) is 1. The van der Waals surface area contributed by atoms with E-state index >= 15 is 0 Å². The average molecular weight is 642 g/mol. The van der Waals surface area contributed by atoms with Crippen molar-refractivity contribution in [1.82, 2.24) is 20.4 Å². The first kappa shape index (κ1) is 32.8. The number of nitrogens with one attached hydrogen (secondary N) is 3. The number of aromatic nitrogens is 2. The molecule has 0 radical (unpaired) electrons. The van der Waals surface area contributed by atoms with Gasteiger partial charge in [-0.1, -0.05) is 85.2 Å². The molecule has 2 unspecified atom stereocenters. The van der Waals surface area contributed by atoms with Crippen LogP contribution in [0.5, 0.6) is 0 Å². The van der Waals surface area contributed by atoms with E-state index in [0.29, 0.717) is 25.1 Å². The molecular formula is C40H43N5O3. The van der Waals surface area contributed by atoms with Crippen molar-refractivity contribution in [3.8, 4) is 23.1 Å². The molecule has 6 rings (SSSR count). The van der Waals surface area contributed by atoms with Crippen LogP contribution < -0.4 is 10.6 Å². The van der Waals surface area contributed by atoms with Crippen LogP contribution in [0.3, 0.4) is 0 Å². The van der Waals surface area contributed by atoms with Crippen LogP contribution in [0.2, 0.25) is 0 Å². The van der Waals surface area contributed by atoms with Gasteiger partial charge in [-0.05, 0) is 74.9 Å². The molecule has 48 heavy (non-hydrogen) atoms. The van der Waals surface area contributed by atoms with Crippen molar-refractivity contribution in [3.63, 3.8) is 0 Å². The fraction of sp³-hybridized carbons (Fsp3) is 0.350. The van der Waals surface area contributed by atoms with E-state index in [-0.39, 0.29) is 23.6 Å². The van der Waals surface area contributed by atoms with Gasteiger partial charge in [-0.3, -0.25) is 19.5 Å². The van der Waals surface area contributed by atoms with Crippen molar-refractivity contribution in [1.29, 1.82) is 0 Å². The topological polar surface area (TPSA) is 107 Å². The molecule has 0 bridgehead atoms. The lowest BCUT2D eigenvalue weighted by Gasteiger charge is -2.37. The van der Waals surface area contributed by atoms with E-state index < -0.39 is 12.1 Å². The molecule has 246 valence electrons. The summed E-state index contributed by atoms with van der Waals surface area (Å²) in [5.74, 6) is 5.88. The predicted molar refractivity (Wildman–Crippen MR) is 188 cm³/mol. The first-order valence-corrected chi connectivity index (χ1v) is 17.1. The smallest absolute Gasteiger partial charge is 0.247 e. The molecule has 2 aliphatic rings. The predicted octanol–water partition coefficient (Wildman–Crippen LogP) is 6.41. The van der Waals surface area contributed by atoms with Gasteiger partial charge in [0.15, 0.2) is 0 Å². The first-order valence-electron chi connectivity index (χ1n) is 17.1. The number of carbonyl (C=O) groups is 3. The highest BCUT2D eigenvalue weighted by Crippen LogP contribution is 2.26. The molecule has 2 fully saturated rings. The van der Waals surface area contributed by atoms with Crippen LogP contribution in [-0.2, 0) is 20.8 Å². The Kier molecular flexibility index (Phi) is 10.7. The molecule has 1 aliphatic carbocycles. The SMILES string of the molecule is Cc1cccc(-c2[nH]ncc2C#Cc2ccc(NC(=O)C3CCCCN3C(=O)C(Cc3ccccc3)NC(=O)C3CCCCC3)cc2)c1. The molecule has 2 heterocycles. The Morgan fingerprint density at radius 1 is 0.875 bits per heavy atom. The quantitative estimate of drug-likeness (QED) is 0.193. The lowest BCUT2D eigenvalue weighted by Crippen LogP contribution is -2.57. The molecular weight excluding hydrogens is 598 g/mol. The third-order valence-electron chi connectivity index (χ3n) is 9.40. The number of H-pyrrole nitrogens is 1. The van der Waals surface area contributed by atoms with Crippen molar-refractivity contribution < 1.29 is 14.4 Å². The Balaban J connectivity index is 1.13. The summed E-state index contributed by atoms with van der Waals surface area (Å²) in [5, 5.41) is 13.4. The number of carbonyl (C=O) groups excluding carboxylic acids is 3. The molecule has 3 aromatic carbocycles. The summed E-state index contributed by atoms with van der Waals surface area (Å²) in [5.41, 5.74) is 6.29. The highest BCUT2D eigenvalue weighted by molar-refractivity contribution is 5.98. The summed E-state index contributed by atoms with van der Waals surface area (Å²) in [6, 6.07) is 24.0. The number of hydrogen-bond acceptors (Lipinski definition) is 4. The minimum Gasteiger partial charge on any atom is -0.344 e. The molecule has 8 nitrogen and oxygen atoms in total. The Hall–Kier alpha value is -5.16. The fourth-order valence-electron chi connectivity index (χ4n) is 6.78. The zero-order valence-electron chi connectivity index (χ0n) is 27.5. The largest absolute Gasteiger partial charge is 0.344 e. The number of nitrogens with zero attached hydrogens (tertiary/aromatic N) is 2. The zero-order valence-corrected chi connectivity index (χ0v) is 27.5. The van der Waals surface area contributed by atoms with Crippen molar-refractivity contribution in [3.05, 3.63) is 107 Å². The van der Waals surface area contributed by atoms with Gasteiger partial charge in [0, 0.05) is 35.7 Å². The van der Waals surface area contributed by atoms with Gasteiger partial charge in [0.25, 0.3) is 0 Å². The molecule has 1 aliphatic heterocycles. The second kappa shape index (κ2) is 15.6. The molecule has 2 atom stereocenters. The van der Waals surface area contributed by atoms with Gasteiger partial charge >= 0.3 is 0 Å². The van der Waals surface area contributed by atoms with Crippen LogP contribution in [0, 0.1) is 24.7 Å². The van der Waals surface area contributed by atoms with Crippen LogP contribution in [-0.4, -0.2) is 51.4 Å². The van der Waals surface area contributed by atoms with Crippen molar-refractivity contribution >= 4 is 23.4 Å². The second-order valence-corrected chi connectivity index (χ2v) is 13.0. The van der Waals surface area contributed by atoms with Gasteiger partial charge in [0.05, 0.1) is 17.5 Å². The standard InChI is InChI=1S/C40H43N5O3/c1-28-11-10-16-32(25-28)37-33(27-41-44-37)21-18-29-19-22-34(23-20-29)42-39(47)36-17-8-9-24-45(36)40(48)35(26-30-12-4-2-5-13-30)43-38(46)31-14-6-3-7-15-31/h2,4-5,10-13,16,19-20,22-23,25,27,31,35-36H,3,6-9,14-15,17,24,26H2,1H3,(H,41,44)(H,42,47)(H,43,46). The maximum absolute atomic E-state index is 14.1. The second-order valence-electron chi connectivity index (χ2n) is 13.0. The molecule has 3 amide bonds. The van der Waals surface area contributed by atoms with Crippen LogP contribution in [0.1, 0.15) is 73.6 Å². The summed E-state index contributed by atoms with van der Waals surface area (Å²) >= 11 is 0. The number of hydrogen-bond donors (Lipinski definition) is 3. The van der Waals surface area contributed by atoms with Gasteiger partial charge in [-0.25, -0.2) is 0 Å². The average Bonchev–Trinajstić information content (AvgIpc) is 3.60. The molecule has 3 N–H and O–H groups in total. The highest BCUT2D eigenvalue weighted by atomic mass is 16.2. The van der Waals surface area contributed by atoms with E-state index in [9.17, 15) is 14.4 Å². The molecule has 0 spiro atoms. The van der Waals surface area contributed by atoms with E-state index in [1.54, 1.807) is 11.1 Å². The Morgan fingerprint density at radius 3 is 2.42 bits per heavy atom. The first-order chi connectivity index (χ1) is 23.4. The summed E-state index contributed by atoms with van der Waals surface area (Å²) in [6.07, 6.45) is 9.30. The number of piperidine rings is 1. The third-order valence-corrected chi connectivity index (χ3v) is 9.40. The van der Waals surface area contributed by atoms with Crippen molar-refractivity contribution in [2.75, 3.05) is 11.9 Å². The molecule has 8 heteroatoms. The van der Waals surface area contributed by atoms with Crippen LogP contribution >= 0.6 is 0 Å². The monoisotopic (exact) mass is 641 g/mol. The lowest BCUT2D eigenvalue weighted by molar-refractivity contribution is -0.144. The fourth-order valence-corrected chi connectivity index (χ4v) is 6.78. The number of aryl methyl sites for hydroxylation is 1. The third kappa shape index (κ3) is 8.21. The van der Waals surface area contributed by atoms with E-state index in [0.717, 1.165) is 78.5 Å². The Morgan fingerprint density at radius 2 is 1.65 bits per heavy atom. The van der Waals surface area contributed by atoms with Gasteiger partial charge in [-0.2, -0.15) is 5.10 Å². The normalized spacial score (nSPS) is 17.1. The van der Waals surface area contributed by atoms with E-state index in [1.165, 1.54) is 0 Å². The summed E-state index contributed by atoms with van der Waals surface area (Å²) in [6.45, 7) is 2.53. The molecule has 1 aromatic heterocycles. The molecule has 1 saturated carbocycles. The van der Waals surface area contributed by atoms with E-state index in [4.69, 9.17) is 0 Å². The number of benzene rings is 3. The minimum atomic E-state index is -0.727. The van der Waals surface area contributed by atoms with Gasteiger partial charge < -0.3 is 15.5 Å². The number of aromatic amines is 1. The number of anilines is 1. The molecule has 1 saturated heterocycles. The van der Waals surface area contributed by atoms with E-state index in [1.807, 2.05) is 66.7 Å². The van der Waals surface area contributed by atoms with Gasteiger partial charge in [-0.15, -0.1) is 0 Å². The van der Waals surface area contributed by atoms with Crippen molar-refractivity contribution in [2.45, 2.75) is 76.8 Å². The number of amides is 3. The van der Waals surface area contributed by atoms with E-state index in [2.05, 4.69) is 51.7 Å². The zero-order chi connectivity index (χ0) is 33.3. The Bertz CT molecular complexity index is 1780. The molecule has 4 aromatic rings. The van der Waals surface area contributed by atoms with Crippen molar-refractivity contribution in [2.24, 2.45) is 5.92 Å². The van der Waals surface area contributed by atoms with Crippen LogP contribution in [0.15, 0.2) is 85.1 Å². The summed E-state index contributed by atoms with van der Waals surface area (Å²) < 4.78 is 0. The van der Waals surface area contributed by atoms with Gasteiger partial charge in [0.2, 0.25) is 17.7 Å². The Labute approximate surface area is 282 Å². The highest BCUT2D eigenvalue weighted by Gasteiger charge is 2.37. The summed E-state index contributed by atoms with van der Waals surface area (Å²) in [7, 11) is 0. The lowest BCUT2D eigenvalue weighted by atomic mass is 9.88. The number of rotatable bonds is 8. The summed E-state index contributed by atoms with van der Waals surface area (Å²) in [4.78, 5) is 42.8. The maximum atomic E-state index is 14.1. The maximum Gasteiger partial charge on any atom is 0.247 e.